The molecule has 0 saturated carbocycles. The van der Waals surface area contributed by atoms with Gasteiger partial charge in [0.2, 0.25) is 0 Å². The molecule has 0 bridgehead atoms. The predicted octanol–water partition coefficient (Wildman–Crippen LogP) is 3.69. The van der Waals surface area contributed by atoms with E-state index >= 15 is 0 Å². The first kappa shape index (κ1) is 12.2. The summed E-state index contributed by atoms with van der Waals surface area (Å²) in [7, 11) is 0. The number of nitrogens with two attached hydrogens (primary N) is 2. The Morgan fingerprint density at radius 2 is 1.24 bits per heavy atom. The number of hydrogen-bond donors (Lipinski definition) is 2. The number of anilines is 2. The highest BCUT2D eigenvalue weighted by Crippen LogP contribution is 2.29. The number of rotatable bonds is 4. The van der Waals surface area contributed by atoms with Crippen molar-refractivity contribution in [1.82, 2.24) is 0 Å². The van der Waals surface area contributed by atoms with Crippen LogP contribution in [0.25, 0.3) is 0 Å². The quantitative estimate of drug-likeness (QED) is 0.501. The summed E-state index contributed by atoms with van der Waals surface area (Å²) in [5.41, 5.74) is 13.1. The summed E-state index contributed by atoms with van der Waals surface area (Å²) in [5.74, 6) is 0. The average molecular weight is 262 g/mol. The zero-order valence-corrected chi connectivity index (χ0v) is 10.9. The van der Waals surface area contributed by atoms with Crippen LogP contribution in [0.4, 0.5) is 11.4 Å². The third-order valence-electron chi connectivity index (χ3n) is 2.17. The fourth-order valence-electron chi connectivity index (χ4n) is 1.37. The third kappa shape index (κ3) is 3.91. The van der Waals surface area contributed by atoms with Gasteiger partial charge in [-0.05, 0) is 36.4 Å². The first-order valence-electron chi connectivity index (χ1n) is 5.21. The molecule has 88 valence electrons. The second-order valence-electron chi connectivity index (χ2n) is 3.55. The summed E-state index contributed by atoms with van der Waals surface area (Å²) in [4.78, 5) is 2.39. The lowest BCUT2D eigenvalue weighted by atomic mass is 10.3. The molecular weight excluding hydrogens is 248 g/mol. The zero-order valence-electron chi connectivity index (χ0n) is 9.30. The summed E-state index contributed by atoms with van der Waals surface area (Å²) in [6.07, 6.45) is 0. The molecule has 17 heavy (non-hydrogen) atoms. The van der Waals surface area contributed by atoms with Crippen molar-refractivity contribution in [1.29, 1.82) is 0 Å². The normalized spacial score (nSPS) is 10.4. The molecule has 0 spiro atoms. The van der Waals surface area contributed by atoms with Crippen LogP contribution < -0.4 is 11.5 Å². The first-order chi connectivity index (χ1) is 8.24. The number of benzene rings is 2. The molecule has 0 aliphatic rings. The Kier molecular flexibility index (Phi) is 4.23. The molecular formula is C13H14N2S2. The van der Waals surface area contributed by atoms with Gasteiger partial charge in [0.1, 0.15) is 0 Å². The van der Waals surface area contributed by atoms with Gasteiger partial charge >= 0.3 is 0 Å². The monoisotopic (exact) mass is 262 g/mol. The van der Waals surface area contributed by atoms with Crippen LogP contribution in [-0.4, -0.2) is 5.08 Å². The molecule has 0 atom stereocenters. The highest BCUT2D eigenvalue weighted by molar-refractivity contribution is 8.16. The summed E-state index contributed by atoms with van der Waals surface area (Å²) in [6, 6.07) is 15.9. The van der Waals surface area contributed by atoms with Gasteiger partial charge in [-0.3, -0.25) is 0 Å². The van der Waals surface area contributed by atoms with Crippen LogP contribution in [0.2, 0.25) is 0 Å². The molecule has 0 aromatic heterocycles. The minimum absolute atomic E-state index is 0.809. The maximum absolute atomic E-state index is 5.72. The van der Waals surface area contributed by atoms with Crippen molar-refractivity contribution >= 4 is 34.9 Å². The Balaban J connectivity index is 1.87. The number of thioether (sulfide) groups is 2. The summed E-state index contributed by atoms with van der Waals surface area (Å²) < 4.78 is 0. The van der Waals surface area contributed by atoms with E-state index in [9.17, 15) is 0 Å². The van der Waals surface area contributed by atoms with Gasteiger partial charge in [0.15, 0.2) is 0 Å². The highest BCUT2D eigenvalue weighted by atomic mass is 32.2. The van der Waals surface area contributed by atoms with E-state index in [1.54, 1.807) is 23.5 Å². The molecule has 0 heterocycles. The van der Waals surface area contributed by atoms with Crippen LogP contribution in [0.5, 0.6) is 0 Å². The third-order valence-corrected chi connectivity index (χ3v) is 4.28. The smallest absolute Gasteiger partial charge is 0.0486 e. The number of nitrogen functional groups attached to an aromatic ring is 2. The Morgan fingerprint density at radius 1 is 0.765 bits per heavy atom. The van der Waals surface area contributed by atoms with Gasteiger partial charge in [-0.15, -0.1) is 23.5 Å². The van der Waals surface area contributed by atoms with Gasteiger partial charge in [0, 0.05) is 26.3 Å². The van der Waals surface area contributed by atoms with Gasteiger partial charge in [-0.2, -0.15) is 0 Å². The largest absolute Gasteiger partial charge is 0.399 e. The van der Waals surface area contributed by atoms with Crippen molar-refractivity contribution in [3.63, 3.8) is 0 Å². The summed E-state index contributed by atoms with van der Waals surface area (Å²) >= 11 is 3.55. The molecule has 0 radical (unpaired) electrons. The summed E-state index contributed by atoms with van der Waals surface area (Å²) in [5, 5.41) is 0.951. The SMILES string of the molecule is Nc1cccc(SCSc2cccc(N)c2)c1. The van der Waals surface area contributed by atoms with Gasteiger partial charge in [0.05, 0.1) is 0 Å². The van der Waals surface area contributed by atoms with Crippen molar-refractivity contribution in [2.75, 3.05) is 16.6 Å². The maximum atomic E-state index is 5.72. The fraction of sp³-hybridized carbons (Fsp3) is 0.0769. The molecule has 0 amide bonds. The van der Waals surface area contributed by atoms with Crippen LogP contribution in [0.1, 0.15) is 0 Å². The predicted molar refractivity (Wildman–Crippen MR) is 78.3 cm³/mol. The fourth-order valence-corrected chi connectivity index (χ4v) is 3.49. The van der Waals surface area contributed by atoms with Crippen LogP contribution in [0.15, 0.2) is 58.3 Å². The molecule has 0 saturated heterocycles. The first-order valence-corrected chi connectivity index (χ1v) is 7.18. The topological polar surface area (TPSA) is 52.0 Å². The standard InChI is InChI=1S/C13H14N2S2/c14-10-3-1-5-12(7-10)16-9-17-13-6-2-4-11(15)8-13/h1-8H,9,14-15H2. The minimum atomic E-state index is 0.809. The van der Waals surface area contributed by atoms with Gasteiger partial charge < -0.3 is 11.5 Å². The molecule has 4 heteroatoms. The Hall–Kier alpha value is -1.26. The van der Waals surface area contributed by atoms with Crippen LogP contribution in [-0.2, 0) is 0 Å². The van der Waals surface area contributed by atoms with Crippen molar-refractivity contribution in [2.45, 2.75) is 9.79 Å². The molecule has 0 aliphatic carbocycles. The van der Waals surface area contributed by atoms with Crippen molar-refractivity contribution < 1.29 is 0 Å². The lowest BCUT2D eigenvalue weighted by Gasteiger charge is -2.03. The lowest BCUT2D eigenvalue weighted by molar-refractivity contribution is 1.46. The van der Waals surface area contributed by atoms with Crippen LogP contribution in [0, 0.1) is 0 Å². The molecule has 2 nitrogen and oxygen atoms in total. The van der Waals surface area contributed by atoms with E-state index < -0.39 is 0 Å². The second-order valence-corrected chi connectivity index (χ2v) is 6.01. The van der Waals surface area contributed by atoms with Crippen LogP contribution >= 0.6 is 23.5 Å². The molecule has 4 N–H and O–H groups in total. The van der Waals surface area contributed by atoms with Crippen molar-refractivity contribution in [3.05, 3.63) is 48.5 Å². The Labute approximate surface area is 110 Å². The van der Waals surface area contributed by atoms with Crippen LogP contribution in [0.3, 0.4) is 0 Å². The maximum Gasteiger partial charge on any atom is 0.0486 e. The summed E-state index contributed by atoms with van der Waals surface area (Å²) in [6.45, 7) is 0. The van der Waals surface area contributed by atoms with Gasteiger partial charge in [-0.25, -0.2) is 0 Å². The Bertz CT molecular complexity index is 455. The molecule has 2 aromatic rings. The van der Waals surface area contributed by atoms with E-state index in [0.29, 0.717) is 0 Å². The Morgan fingerprint density at radius 3 is 1.65 bits per heavy atom. The molecule has 0 aliphatic heterocycles. The van der Waals surface area contributed by atoms with Crippen molar-refractivity contribution in [3.8, 4) is 0 Å². The molecule has 2 aromatic carbocycles. The highest BCUT2D eigenvalue weighted by Gasteiger charge is 1.97. The van der Waals surface area contributed by atoms with E-state index in [1.165, 1.54) is 9.79 Å². The van der Waals surface area contributed by atoms with E-state index in [2.05, 4.69) is 12.1 Å². The van der Waals surface area contributed by atoms with E-state index in [4.69, 9.17) is 11.5 Å². The van der Waals surface area contributed by atoms with E-state index in [-0.39, 0.29) is 0 Å². The lowest BCUT2D eigenvalue weighted by Crippen LogP contribution is -1.85. The van der Waals surface area contributed by atoms with Crippen molar-refractivity contribution in [2.24, 2.45) is 0 Å². The molecule has 0 fully saturated rings. The van der Waals surface area contributed by atoms with E-state index in [0.717, 1.165) is 16.5 Å². The van der Waals surface area contributed by atoms with Gasteiger partial charge in [0.25, 0.3) is 0 Å². The second kappa shape index (κ2) is 5.89. The minimum Gasteiger partial charge on any atom is -0.399 e. The average Bonchev–Trinajstić information content (AvgIpc) is 2.29. The number of hydrogen-bond acceptors (Lipinski definition) is 4. The molecule has 0 unspecified atom stereocenters. The molecule has 2 rings (SSSR count). The zero-order chi connectivity index (χ0) is 12.1. The van der Waals surface area contributed by atoms with E-state index in [1.807, 2.05) is 36.4 Å². The van der Waals surface area contributed by atoms with Gasteiger partial charge in [-0.1, -0.05) is 12.1 Å².